The molecule has 1 aromatic heterocycles. The summed E-state index contributed by atoms with van der Waals surface area (Å²) in [4.78, 5) is 18.6. The van der Waals surface area contributed by atoms with Gasteiger partial charge in [0.15, 0.2) is 6.29 Å². The third kappa shape index (κ3) is 2.78. The Bertz CT molecular complexity index is 308. The lowest BCUT2D eigenvalue weighted by Gasteiger charge is -1.95. The van der Waals surface area contributed by atoms with Crippen LogP contribution in [0.3, 0.4) is 0 Å². The van der Waals surface area contributed by atoms with Crippen molar-refractivity contribution in [1.82, 2.24) is 4.98 Å². The van der Waals surface area contributed by atoms with Crippen LogP contribution >= 0.6 is 0 Å². The topological polar surface area (TPSA) is 42.3 Å². The Labute approximate surface area is 77.5 Å². The van der Waals surface area contributed by atoms with Gasteiger partial charge in [-0.1, -0.05) is 6.92 Å². The molecule has 13 heavy (non-hydrogen) atoms. The van der Waals surface area contributed by atoms with Crippen LogP contribution in [0, 0.1) is 0 Å². The van der Waals surface area contributed by atoms with Gasteiger partial charge < -0.3 is 0 Å². The summed E-state index contributed by atoms with van der Waals surface area (Å²) in [6, 6.07) is 3.62. The highest BCUT2D eigenvalue weighted by molar-refractivity contribution is 5.90. The molecule has 0 saturated heterocycles. The summed E-state index contributed by atoms with van der Waals surface area (Å²) in [7, 11) is 0. The number of carbonyl (C=O) groups is 1. The summed E-state index contributed by atoms with van der Waals surface area (Å²) in [5, 5.41) is 0. The lowest BCUT2D eigenvalue weighted by atomic mass is 10.2. The van der Waals surface area contributed by atoms with Crippen LogP contribution in [0.4, 0.5) is 0 Å². The van der Waals surface area contributed by atoms with Gasteiger partial charge in [-0.15, -0.1) is 0 Å². The minimum Gasteiger partial charge on any atom is -0.296 e. The van der Waals surface area contributed by atoms with Gasteiger partial charge in [0.05, 0.1) is 0 Å². The molecule has 0 unspecified atom stereocenters. The summed E-state index contributed by atoms with van der Waals surface area (Å²) in [6.45, 7) is 2.84. The van der Waals surface area contributed by atoms with E-state index in [4.69, 9.17) is 0 Å². The van der Waals surface area contributed by atoms with E-state index in [0.717, 1.165) is 24.8 Å². The SMILES string of the molecule is CCCN=Cc1cccnc1C=O. The summed E-state index contributed by atoms with van der Waals surface area (Å²) in [5.41, 5.74) is 1.23. The molecular weight excluding hydrogens is 164 g/mol. The molecule has 0 fully saturated rings. The van der Waals surface area contributed by atoms with Gasteiger partial charge >= 0.3 is 0 Å². The quantitative estimate of drug-likeness (QED) is 0.518. The Kier molecular flexibility index (Phi) is 3.82. The smallest absolute Gasteiger partial charge is 0.169 e. The van der Waals surface area contributed by atoms with E-state index in [0.29, 0.717) is 5.69 Å². The third-order valence-electron chi connectivity index (χ3n) is 1.57. The Hall–Kier alpha value is -1.51. The standard InChI is InChI=1S/C10H12N2O/c1-2-5-11-7-9-4-3-6-12-10(9)8-13/h3-4,6-8H,2,5H2,1H3. The molecule has 0 atom stereocenters. The van der Waals surface area contributed by atoms with Gasteiger partial charge in [0.1, 0.15) is 5.69 Å². The Morgan fingerprint density at radius 2 is 2.46 bits per heavy atom. The number of hydrogen-bond donors (Lipinski definition) is 0. The number of carbonyl (C=O) groups excluding carboxylic acids is 1. The molecule has 3 nitrogen and oxygen atoms in total. The first kappa shape index (κ1) is 9.58. The molecule has 1 rings (SSSR count). The van der Waals surface area contributed by atoms with Crippen LogP contribution in [0.2, 0.25) is 0 Å². The zero-order chi connectivity index (χ0) is 9.52. The zero-order valence-electron chi connectivity index (χ0n) is 7.60. The number of aliphatic imine (C=N–C) groups is 1. The molecule has 0 amide bonds. The van der Waals surface area contributed by atoms with Crippen molar-refractivity contribution in [3.8, 4) is 0 Å². The molecule has 1 heterocycles. The highest BCUT2D eigenvalue weighted by Crippen LogP contribution is 1.98. The second-order valence-corrected chi connectivity index (χ2v) is 2.63. The predicted molar refractivity (Wildman–Crippen MR) is 52.4 cm³/mol. The maximum atomic E-state index is 10.5. The zero-order valence-corrected chi connectivity index (χ0v) is 7.60. The van der Waals surface area contributed by atoms with Crippen LogP contribution in [0.1, 0.15) is 29.4 Å². The fourth-order valence-electron chi connectivity index (χ4n) is 0.930. The molecule has 0 N–H and O–H groups in total. The van der Waals surface area contributed by atoms with E-state index in [1.807, 2.05) is 6.07 Å². The first-order chi connectivity index (χ1) is 6.38. The number of aromatic nitrogens is 1. The summed E-state index contributed by atoms with van der Waals surface area (Å²) < 4.78 is 0. The molecule has 0 radical (unpaired) electrons. The number of rotatable bonds is 4. The second-order valence-electron chi connectivity index (χ2n) is 2.63. The second kappa shape index (κ2) is 5.19. The fraction of sp³-hybridized carbons (Fsp3) is 0.300. The molecular formula is C10H12N2O. The van der Waals surface area contributed by atoms with Gasteiger partial charge in [0.25, 0.3) is 0 Å². The van der Waals surface area contributed by atoms with E-state index in [1.165, 1.54) is 0 Å². The maximum Gasteiger partial charge on any atom is 0.169 e. The molecule has 0 aliphatic rings. The normalized spacial score (nSPS) is 10.5. The van der Waals surface area contributed by atoms with Crippen LogP contribution < -0.4 is 0 Å². The summed E-state index contributed by atoms with van der Waals surface area (Å²) in [6.07, 6.45) is 5.04. The van der Waals surface area contributed by atoms with Crippen molar-refractivity contribution in [3.63, 3.8) is 0 Å². The highest BCUT2D eigenvalue weighted by atomic mass is 16.1. The van der Waals surface area contributed by atoms with E-state index < -0.39 is 0 Å². The van der Waals surface area contributed by atoms with Gasteiger partial charge in [-0.2, -0.15) is 0 Å². The minimum atomic E-state index is 0.447. The Morgan fingerprint density at radius 3 is 3.15 bits per heavy atom. The van der Waals surface area contributed by atoms with Crippen molar-refractivity contribution in [3.05, 3.63) is 29.6 Å². The number of nitrogens with zero attached hydrogens (tertiary/aromatic N) is 2. The number of pyridine rings is 1. The summed E-state index contributed by atoms with van der Waals surface area (Å²) in [5.74, 6) is 0. The van der Waals surface area contributed by atoms with Crippen molar-refractivity contribution in [2.45, 2.75) is 13.3 Å². The van der Waals surface area contributed by atoms with Crippen LogP contribution in [0.15, 0.2) is 23.3 Å². The van der Waals surface area contributed by atoms with E-state index in [9.17, 15) is 4.79 Å². The van der Waals surface area contributed by atoms with E-state index in [2.05, 4.69) is 16.9 Å². The van der Waals surface area contributed by atoms with Crippen molar-refractivity contribution < 1.29 is 4.79 Å². The average Bonchev–Trinajstić information content (AvgIpc) is 2.19. The van der Waals surface area contributed by atoms with Crippen molar-refractivity contribution in [2.24, 2.45) is 4.99 Å². The lowest BCUT2D eigenvalue weighted by molar-refractivity contribution is 0.111. The Balaban J connectivity index is 2.80. The number of hydrogen-bond acceptors (Lipinski definition) is 3. The lowest BCUT2D eigenvalue weighted by Crippen LogP contribution is -1.94. The molecule has 1 aromatic rings. The number of aldehydes is 1. The van der Waals surface area contributed by atoms with Crippen molar-refractivity contribution in [2.75, 3.05) is 6.54 Å². The average molecular weight is 176 g/mol. The predicted octanol–water partition coefficient (Wildman–Crippen LogP) is 1.72. The molecule has 0 aliphatic heterocycles. The molecule has 0 bridgehead atoms. The highest BCUT2D eigenvalue weighted by Gasteiger charge is 1.96. The van der Waals surface area contributed by atoms with Gasteiger partial charge in [-0.25, -0.2) is 0 Å². The third-order valence-corrected chi connectivity index (χ3v) is 1.57. The van der Waals surface area contributed by atoms with Gasteiger partial charge in [-0.3, -0.25) is 14.8 Å². The first-order valence-electron chi connectivity index (χ1n) is 4.28. The molecule has 3 heteroatoms. The van der Waals surface area contributed by atoms with Crippen LogP contribution in [0.5, 0.6) is 0 Å². The monoisotopic (exact) mass is 176 g/mol. The molecule has 68 valence electrons. The van der Waals surface area contributed by atoms with Crippen molar-refractivity contribution >= 4 is 12.5 Å². The Morgan fingerprint density at radius 1 is 1.62 bits per heavy atom. The van der Waals surface area contributed by atoms with Crippen molar-refractivity contribution in [1.29, 1.82) is 0 Å². The fourth-order valence-corrected chi connectivity index (χ4v) is 0.930. The molecule has 0 aliphatic carbocycles. The van der Waals surface area contributed by atoms with Crippen LogP contribution in [-0.2, 0) is 0 Å². The van der Waals surface area contributed by atoms with E-state index >= 15 is 0 Å². The van der Waals surface area contributed by atoms with Crippen LogP contribution in [0.25, 0.3) is 0 Å². The molecule has 0 saturated carbocycles. The summed E-state index contributed by atoms with van der Waals surface area (Å²) >= 11 is 0. The van der Waals surface area contributed by atoms with E-state index in [-0.39, 0.29) is 0 Å². The minimum absolute atomic E-state index is 0.447. The largest absolute Gasteiger partial charge is 0.296 e. The van der Waals surface area contributed by atoms with E-state index in [1.54, 1.807) is 18.5 Å². The molecule has 0 spiro atoms. The molecule has 0 aromatic carbocycles. The van der Waals surface area contributed by atoms with Gasteiger partial charge in [-0.05, 0) is 18.6 Å². The van der Waals surface area contributed by atoms with Crippen LogP contribution in [-0.4, -0.2) is 24.0 Å². The van der Waals surface area contributed by atoms with Gasteiger partial charge in [0.2, 0.25) is 0 Å². The maximum absolute atomic E-state index is 10.5. The van der Waals surface area contributed by atoms with Gasteiger partial charge in [0, 0.05) is 24.5 Å². The first-order valence-corrected chi connectivity index (χ1v) is 4.28.